The van der Waals surface area contributed by atoms with Gasteiger partial charge in [-0.2, -0.15) is 0 Å². The van der Waals surface area contributed by atoms with Gasteiger partial charge in [0.15, 0.2) is 0 Å². The average molecular weight is 293 g/mol. The fraction of sp³-hybridized carbons (Fsp3) is 0.500. The molecule has 0 aliphatic carbocycles. The van der Waals surface area contributed by atoms with Gasteiger partial charge in [-0.1, -0.05) is 25.1 Å². The minimum Gasteiger partial charge on any atom is -0.379 e. The molecule has 0 aliphatic heterocycles. The van der Waals surface area contributed by atoms with Crippen LogP contribution in [0.4, 0.5) is 0 Å². The van der Waals surface area contributed by atoms with Gasteiger partial charge in [-0.05, 0) is 12.1 Å². The van der Waals surface area contributed by atoms with Crippen LogP contribution in [0, 0.1) is 0 Å². The number of carbonyl (C=O) groups is 2. The third-order valence-electron chi connectivity index (χ3n) is 2.86. The lowest BCUT2D eigenvalue weighted by molar-refractivity contribution is -0.119. The molecule has 0 atom stereocenters. The molecule has 5 heteroatoms. The minimum atomic E-state index is -0.103. The molecule has 1 aromatic carbocycles. The van der Waals surface area contributed by atoms with E-state index in [0.29, 0.717) is 51.4 Å². The number of ketones is 1. The summed E-state index contributed by atoms with van der Waals surface area (Å²) in [6.07, 6.45) is 1.02. The van der Waals surface area contributed by atoms with Crippen molar-refractivity contribution in [2.75, 3.05) is 33.0 Å². The molecular formula is C16H23NO4. The van der Waals surface area contributed by atoms with E-state index in [4.69, 9.17) is 9.47 Å². The number of ether oxygens (including phenoxy) is 2. The zero-order chi connectivity index (χ0) is 15.3. The summed E-state index contributed by atoms with van der Waals surface area (Å²) in [7, 11) is 0. The summed E-state index contributed by atoms with van der Waals surface area (Å²) in [6, 6.07) is 9.05. The smallest absolute Gasteiger partial charge is 0.251 e. The Morgan fingerprint density at radius 1 is 1.00 bits per heavy atom. The predicted molar refractivity (Wildman–Crippen MR) is 80.3 cm³/mol. The third-order valence-corrected chi connectivity index (χ3v) is 2.86. The number of amides is 1. The summed E-state index contributed by atoms with van der Waals surface area (Å²) in [5, 5.41) is 2.77. The van der Waals surface area contributed by atoms with Crippen molar-refractivity contribution in [1.29, 1.82) is 0 Å². The van der Waals surface area contributed by atoms with Gasteiger partial charge < -0.3 is 14.8 Å². The van der Waals surface area contributed by atoms with E-state index in [9.17, 15) is 9.59 Å². The highest BCUT2D eigenvalue weighted by atomic mass is 16.5. The van der Waals surface area contributed by atoms with E-state index in [2.05, 4.69) is 5.32 Å². The molecular weight excluding hydrogens is 270 g/mol. The van der Waals surface area contributed by atoms with Crippen LogP contribution in [0.25, 0.3) is 0 Å². The van der Waals surface area contributed by atoms with Gasteiger partial charge in [0.2, 0.25) is 0 Å². The minimum absolute atomic E-state index is 0.103. The molecule has 0 aliphatic rings. The molecule has 0 radical (unpaired) electrons. The van der Waals surface area contributed by atoms with Crippen LogP contribution >= 0.6 is 0 Å². The highest BCUT2D eigenvalue weighted by Gasteiger charge is 2.02. The monoisotopic (exact) mass is 293 g/mol. The van der Waals surface area contributed by atoms with Crippen LogP contribution in [0.2, 0.25) is 0 Å². The number of Topliss-reactive ketones (excluding diaryl/α,β-unsaturated/α-hetero) is 1. The first-order valence-electron chi connectivity index (χ1n) is 7.24. The Morgan fingerprint density at radius 2 is 1.67 bits per heavy atom. The van der Waals surface area contributed by atoms with Gasteiger partial charge in [-0.3, -0.25) is 9.59 Å². The topological polar surface area (TPSA) is 64.6 Å². The molecule has 0 unspecified atom stereocenters. The van der Waals surface area contributed by atoms with Crippen molar-refractivity contribution in [3.8, 4) is 0 Å². The second-order valence-corrected chi connectivity index (χ2v) is 4.49. The van der Waals surface area contributed by atoms with Crippen molar-refractivity contribution in [3.05, 3.63) is 35.9 Å². The number of hydrogen-bond acceptors (Lipinski definition) is 4. The van der Waals surface area contributed by atoms with Crippen LogP contribution in [0.5, 0.6) is 0 Å². The Morgan fingerprint density at radius 3 is 2.33 bits per heavy atom. The molecule has 0 bridgehead atoms. The first-order chi connectivity index (χ1) is 10.2. The van der Waals surface area contributed by atoms with E-state index in [1.165, 1.54) is 0 Å². The highest BCUT2D eigenvalue weighted by molar-refractivity contribution is 5.94. The van der Waals surface area contributed by atoms with Crippen LogP contribution in [-0.2, 0) is 14.3 Å². The molecule has 21 heavy (non-hydrogen) atoms. The summed E-state index contributed by atoms with van der Waals surface area (Å²) < 4.78 is 10.6. The maximum absolute atomic E-state index is 11.7. The molecule has 1 aromatic rings. The Labute approximate surface area is 125 Å². The lowest BCUT2D eigenvalue weighted by atomic mass is 10.2. The maximum atomic E-state index is 11.7. The van der Waals surface area contributed by atoms with Crippen LogP contribution < -0.4 is 5.32 Å². The lowest BCUT2D eigenvalue weighted by Crippen LogP contribution is -2.27. The van der Waals surface area contributed by atoms with E-state index in [0.717, 1.165) is 0 Å². The molecule has 0 heterocycles. The number of nitrogens with one attached hydrogen (secondary N) is 1. The van der Waals surface area contributed by atoms with Crippen molar-refractivity contribution < 1.29 is 19.1 Å². The summed E-state index contributed by atoms with van der Waals surface area (Å²) in [5.41, 5.74) is 0.640. The van der Waals surface area contributed by atoms with E-state index in [-0.39, 0.29) is 11.7 Å². The summed E-state index contributed by atoms with van der Waals surface area (Å²) in [5.74, 6) is 0.105. The van der Waals surface area contributed by atoms with Gasteiger partial charge in [-0.15, -0.1) is 0 Å². The molecule has 0 fully saturated rings. The van der Waals surface area contributed by atoms with E-state index >= 15 is 0 Å². The second kappa shape index (κ2) is 11.0. The summed E-state index contributed by atoms with van der Waals surface area (Å²) in [4.78, 5) is 22.7. The van der Waals surface area contributed by atoms with Gasteiger partial charge in [-0.25, -0.2) is 0 Å². The van der Waals surface area contributed by atoms with Gasteiger partial charge in [0.1, 0.15) is 5.78 Å². The normalized spacial score (nSPS) is 10.3. The van der Waals surface area contributed by atoms with Crippen LogP contribution in [0.3, 0.4) is 0 Å². The van der Waals surface area contributed by atoms with Gasteiger partial charge in [0.25, 0.3) is 5.91 Å². The molecule has 0 saturated heterocycles. The van der Waals surface area contributed by atoms with Gasteiger partial charge in [0.05, 0.1) is 26.4 Å². The quantitative estimate of drug-likeness (QED) is 0.632. The number of hydrogen-bond donors (Lipinski definition) is 1. The first kappa shape index (κ1) is 17.3. The molecule has 0 saturated carbocycles. The van der Waals surface area contributed by atoms with E-state index in [1.807, 2.05) is 25.1 Å². The second-order valence-electron chi connectivity index (χ2n) is 4.49. The Hall–Kier alpha value is -1.72. The molecule has 116 valence electrons. The zero-order valence-electron chi connectivity index (χ0n) is 12.5. The molecule has 1 rings (SSSR count). The van der Waals surface area contributed by atoms with Crippen molar-refractivity contribution in [2.24, 2.45) is 0 Å². The fourth-order valence-electron chi connectivity index (χ4n) is 1.61. The van der Waals surface area contributed by atoms with E-state index < -0.39 is 0 Å². The molecule has 1 amide bonds. The zero-order valence-corrected chi connectivity index (χ0v) is 12.5. The largest absolute Gasteiger partial charge is 0.379 e. The number of benzene rings is 1. The third kappa shape index (κ3) is 8.22. The standard InChI is InChI=1S/C16H23NO4/c1-2-15(18)8-10-20-12-13-21-11-9-17-16(19)14-6-4-3-5-7-14/h3-7H,2,8-13H2,1H3,(H,17,19). The SMILES string of the molecule is CCC(=O)CCOCCOCCNC(=O)c1ccccc1. The van der Waals surface area contributed by atoms with Crippen LogP contribution in [0.15, 0.2) is 30.3 Å². The van der Waals surface area contributed by atoms with Crippen LogP contribution in [0.1, 0.15) is 30.1 Å². The number of carbonyl (C=O) groups excluding carboxylic acids is 2. The molecule has 0 aromatic heterocycles. The van der Waals surface area contributed by atoms with Crippen molar-refractivity contribution >= 4 is 11.7 Å². The fourth-order valence-corrected chi connectivity index (χ4v) is 1.61. The van der Waals surface area contributed by atoms with Gasteiger partial charge >= 0.3 is 0 Å². The van der Waals surface area contributed by atoms with Gasteiger partial charge in [0, 0.05) is 24.9 Å². The Kier molecular flexibility index (Phi) is 9.08. The average Bonchev–Trinajstić information content (AvgIpc) is 2.53. The lowest BCUT2D eigenvalue weighted by Gasteiger charge is -2.07. The van der Waals surface area contributed by atoms with Crippen molar-refractivity contribution in [2.45, 2.75) is 19.8 Å². The number of rotatable bonds is 11. The maximum Gasteiger partial charge on any atom is 0.251 e. The Balaban J connectivity index is 1.93. The summed E-state index contributed by atoms with van der Waals surface area (Å²) in [6.45, 7) is 4.11. The van der Waals surface area contributed by atoms with Crippen molar-refractivity contribution in [1.82, 2.24) is 5.32 Å². The Bertz CT molecular complexity index is 420. The predicted octanol–water partition coefficient (Wildman–Crippen LogP) is 1.82. The van der Waals surface area contributed by atoms with E-state index in [1.54, 1.807) is 12.1 Å². The summed E-state index contributed by atoms with van der Waals surface area (Å²) >= 11 is 0. The van der Waals surface area contributed by atoms with Crippen LogP contribution in [-0.4, -0.2) is 44.7 Å². The van der Waals surface area contributed by atoms with Crippen molar-refractivity contribution in [3.63, 3.8) is 0 Å². The molecule has 5 nitrogen and oxygen atoms in total. The molecule has 1 N–H and O–H groups in total. The highest BCUT2D eigenvalue weighted by Crippen LogP contribution is 1.97. The first-order valence-corrected chi connectivity index (χ1v) is 7.24. The molecule has 0 spiro atoms.